The number of ether oxygens (including phenoxy) is 3. The standard InChI is InChI=1S/C77H138O6/c1-4-7-10-13-16-19-22-25-28-31-34-36-37-38-39-41-43-46-49-52-55-58-61-64-67-70-76(79)82-73-74(72-81-75(78)69-66-63-60-57-54-51-48-45-42-33-30-27-24-21-18-15-12-9-6-3)83-77(80)71-68-65-62-59-56-53-50-47-44-40-35-32-29-26-23-20-17-14-11-8-5-2/h18,21-23,25-27,30-32,34-35,74H,4-17,19-20,24,28-29,33,36-73H2,1-3H3/b21-18-,25-22-,26-23-,30-27-,34-31-,35-32-. The van der Waals surface area contributed by atoms with Crippen LogP contribution in [0.25, 0.3) is 0 Å². The number of carbonyl (C=O) groups excluding carboxylic acids is 3. The average molecular weight is 1160 g/mol. The fourth-order valence-electron chi connectivity index (χ4n) is 10.7. The quantitative estimate of drug-likeness (QED) is 0.0261. The second kappa shape index (κ2) is 71.3. The lowest BCUT2D eigenvalue weighted by atomic mass is 10.0. The molecule has 0 saturated carbocycles. The molecule has 0 saturated heterocycles. The van der Waals surface area contributed by atoms with Crippen LogP contribution in [0.15, 0.2) is 72.9 Å². The maximum Gasteiger partial charge on any atom is 0.306 e. The summed E-state index contributed by atoms with van der Waals surface area (Å²) >= 11 is 0. The number of carbonyl (C=O) groups is 3. The van der Waals surface area contributed by atoms with Gasteiger partial charge in [0, 0.05) is 19.3 Å². The second-order valence-corrected chi connectivity index (χ2v) is 24.5. The maximum atomic E-state index is 13.0. The molecule has 6 nitrogen and oxygen atoms in total. The first-order valence-electron chi connectivity index (χ1n) is 36.4. The third-order valence-electron chi connectivity index (χ3n) is 16.2. The van der Waals surface area contributed by atoms with Gasteiger partial charge in [-0.2, -0.15) is 0 Å². The minimum absolute atomic E-state index is 0.0763. The molecule has 0 N–H and O–H groups in total. The van der Waals surface area contributed by atoms with Crippen molar-refractivity contribution in [1.29, 1.82) is 0 Å². The van der Waals surface area contributed by atoms with Gasteiger partial charge in [0.05, 0.1) is 0 Å². The highest BCUT2D eigenvalue weighted by Crippen LogP contribution is 2.17. The fraction of sp³-hybridized carbons (Fsp3) is 0.805. The van der Waals surface area contributed by atoms with Gasteiger partial charge in [-0.25, -0.2) is 0 Å². The predicted molar refractivity (Wildman–Crippen MR) is 362 cm³/mol. The van der Waals surface area contributed by atoms with Gasteiger partial charge in [0.15, 0.2) is 6.10 Å². The molecule has 0 bridgehead atoms. The van der Waals surface area contributed by atoms with Gasteiger partial charge in [0.1, 0.15) is 13.2 Å². The van der Waals surface area contributed by atoms with Crippen molar-refractivity contribution in [2.45, 2.75) is 386 Å². The normalized spacial score (nSPS) is 12.5. The number of unbranched alkanes of at least 4 members (excludes halogenated alkanes) is 44. The predicted octanol–water partition coefficient (Wildman–Crippen LogP) is 25.2. The molecule has 0 aromatic carbocycles. The molecule has 0 aliphatic carbocycles. The van der Waals surface area contributed by atoms with E-state index in [-0.39, 0.29) is 31.1 Å². The van der Waals surface area contributed by atoms with E-state index in [0.29, 0.717) is 19.3 Å². The summed E-state index contributed by atoms with van der Waals surface area (Å²) in [5.74, 6) is -0.863. The molecule has 83 heavy (non-hydrogen) atoms. The van der Waals surface area contributed by atoms with Gasteiger partial charge in [0.25, 0.3) is 0 Å². The number of rotatable bonds is 67. The van der Waals surface area contributed by atoms with E-state index in [0.717, 1.165) is 77.0 Å². The molecule has 0 fully saturated rings. The first-order valence-corrected chi connectivity index (χ1v) is 36.4. The van der Waals surface area contributed by atoms with E-state index in [1.54, 1.807) is 0 Å². The van der Waals surface area contributed by atoms with Gasteiger partial charge in [0.2, 0.25) is 0 Å². The van der Waals surface area contributed by atoms with E-state index >= 15 is 0 Å². The monoisotopic (exact) mass is 1160 g/mol. The fourth-order valence-corrected chi connectivity index (χ4v) is 10.7. The van der Waals surface area contributed by atoms with Crippen molar-refractivity contribution in [3.63, 3.8) is 0 Å². The van der Waals surface area contributed by atoms with Crippen LogP contribution < -0.4 is 0 Å². The van der Waals surface area contributed by atoms with Crippen molar-refractivity contribution >= 4 is 17.9 Å². The van der Waals surface area contributed by atoms with Gasteiger partial charge in [-0.05, 0) is 116 Å². The van der Waals surface area contributed by atoms with Crippen molar-refractivity contribution < 1.29 is 28.6 Å². The summed E-state index contributed by atoms with van der Waals surface area (Å²) in [6.45, 7) is 6.65. The zero-order valence-corrected chi connectivity index (χ0v) is 55.5. The minimum atomic E-state index is -0.782. The summed E-state index contributed by atoms with van der Waals surface area (Å²) in [6.07, 6.45) is 93.5. The van der Waals surface area contributed by atoms with E-state index in [9.17, 15) is 14.4 Å². The molecule has 0 amide bonds. The zero-order chi connectivity index (χ0) is 59.9. The molecule has 0 rings (SSSR count). The van der Waals surface area contributed by atoms with Gasteiger partial charge in [-0.15, -0.1) is 0 Å². The molecule has 0 aliphatic rings. The SMILES string of the molecule is CCCCC/C=C\C/C=C\CCCCCCCCCCCC(=O)OCC(COC(=O)CCCCCCCCCCCCCCC/C=C\C/C=C\CCCCCCC)OC(=O)CCCCCCCCCCC/C=C\C/C=C\CCCCCCC. The maximum absolute atomic E-state index is 13.0. The van der Waals surface area contributed by atoms with Gasteiger partial charge in [-0.1, -0.05) is 318 Å². The highest BCUT2D eigenvalue weighted by Gasteiger charge is 2.19. The molecular formula is C77H138O6. The summed E-state index contributed by atoms with van der Waals surface area (Å²) in [6, 6.07) is 0. The van der Waals surface area contributed by atoms with Crippen LogP contribution >= 0.6 is 0 Å². The van der Waals surface area contributed by atoms with Crippen molar-refractivity contribution in [3.05, 3.63) is 72.9 Å². The Morgan fingerprint density at radius 1 is 0.241 bits per heavy atom. The Kier molecular flexibility index (Phi) is 68.6. The Morgan fingerprint density at radius 2 is 0.434 bits per heavy atom. The summed E-state index contributed by atoms with van der Waals surface area (Å²) in [4.78, 5) is 38.5. The van der Waals surface area contributed by atoms with Gasteiger partial charge >= 0.3 is 17.9 Å². The number of allylic oxidation sites excluding steroid dienone is 12. The van der Waals surface area contributed by atoms with E-state index in [1.807, 2.05) is 0 Å². The smallest absolute Gasteiger partial charge is 0.306 e. The highest BCUT2D eigenvalue weighted by molar-refractivity contribution is 5.71. The third-order valence-corrected chi connectivity index (χ3v) is 16.2. The molecule has 0 heterocycles. The Morgan fingerprint density at radius 3 is 0.687 bits per heavy atom. The molecular weight excluding hydrogens is 1020 g/mol. The van der Waals surface area contributed by atoms with Crippen LogP contribution in [-0.2, 0) is 28.6 Å². The molecule has 482 valence electrons. The van der Waals surface area contributed by atoms with E-state index in [2.05, 4.69) is 93.7 Å². The summed E-state index contributed by atoms with van der Waals surface area (Å²) in [5, 5.41) is 0. The van der Waals surface area contributed by atoms with Crippen molar-refractivity contribution in [1.82, 2.24) is 0 Å². The first kappa shape index (κ1) is 79.8. The van der Waals surface area contributed by atoms with E-state index < -0.39 is 6.10 Å². The van der Waals surface area contributed by atoms with Crippen molar-refractivity contribution in [2.24, 2.45) is 0 Å². The highest BCUT2D eigenvalue weighted by atomic mass is 16.6. The number of hydrogen-bond donors (Lipinski definition) is 0. The minimum Gasteiger partial charge on any atom is -0.462 e. The van der Waals surface area contributed by atoms with Crippen LogP contribution in [0.4, 0.5) is 0 Å². The molecule has 0 spiro atoms. The van der Waals surface area contributed by atoms with Crippen molar-refractivity contribution in [3.8, 4) is 0 Å². The Bertz CT molecular complexity index is 1520. The van der Waals surface area contributed by atoms with Crippen LogP contribution in [0.3, 0.4) is 0 Å². The lowest BCUT2D eigenvalue weighted by Crippen LogP contribution is -2.30. The molecule has 0 radical (unpaired) electrons. The first-order chi connectivity index (χ1) is 41.0. The zero-order valence-electron chi connectivity index (χ0n) is 55.5. The van der Waals surface area contributed by atoms with Gasteiger partial charge < -0.3 is 14.2 Å². The third kappa shape index (κ3) is 69.5. The summed E-state index contributed by atoms with van der Waals surface area (Å²) in [7, 11) is 0. The van der Waals surface area contributed by atoms with Crippen LogP contribution in [-0.4, -0.2) is 37.2 Å². The largest absolute Gasteiger partial charge is 0.462 e. The molecule has 0 aliphatic heterocycles. The molecule has 0 aromatic rings. The van der Waals surface area contributed by atoms with Crippen LogP contribution in [0, 0.1) is 0 Å². The van der Waals surface area contributed by atoms with Gasteiger partial charge in [-0.3, -0.25) is 14.4 Å². The molecule has 0 aromatic heterocycles. The average Bonchev–Trinajstić information content (AvgIpc) is 3.49. The molecule has 1 atom stereocenters. The molecule has 6 heteroatoms. The number of esters is 3. The lowest BCUT2D eigenvalue weighted by molar-refractivity contribution is -0.167. The van der Waals surface area contributed by atoms with Crippen LogP contribution in [0.2, 0.25) is 0 Å². The lowest BCUT2D eigenvalue weighted by Gasteiger charge is -2.18. The second-order valence-electron chi connectivity index (χ2n) is 24.5. The number of hydrogen-bond acceptors (Lipinski definition) is 6. The van der Waals surface area contributed by atoms with Crippen LogP contribution in [0.5, 0.6) is 0 Å². The topological polar surface area (TPSA) is 78.9 Å². The van der Waals surface area contributed by atoms with Crippen molar-refractivity contribution in [2.75, 3.05) is 13.2 Å². The van der Waals surface area contributed by atoms with Crippen LogP contribution in [0.1, 0.15) is 380 Å². The summed E-state index contributed by atoms with van der Waals surface area (Å²) in [5.41, 5.74) is 0. The Hall–Kier alpha value is -3.15. The Balaban J connectivity index is 4.34. The van der Waals surface area contributed by atoms with E-state index in [4.69, 9.17) is 14.2 Å². The molecule has 1 unspecified atom stereocenters. The van der Waals surface area contributed by atoms with E-state index in [1.165, 1.54) is 263 Å². The Labute approximate surface area is 516 Å². The summed E-state index contributed by atoms with van der Waals surface area (Å²) < 4.78 is 17.0.